The number of methoxy groups -OCH3 is 1. The Labute approximate surface area is 127 Å². The van der Waals surface area contributed by atoms with Crippen molar-refractivity contribution in [2.75, 3.05) is 19.1 Å². The van der Waals surface area contributed by atoms with Crippen molar-refractivity contribution in [3.05, 3.63) is 52.5 Å². The highest BCUT2D eigenvalue weighted by atomic mass is 79.9. The summed E-state index contributed by atoms with van der Waals surface area (Å²) in [6.07, 6.45) is -0.470. The highest BCUT2D eigenvalue weighted by Crippen LogP contribution is 2.34. The number of benzene rings is 2. The Bertz CT molecular complexity index is 599. The number of ether oxygens (including phenoxy) is 1. The topological polar surface area (TPSA) is 32.7 Å². The van der Waals surface area contributed by atoms with Gasteiger partial charge in [0.2, 0.25) is 0 Å². The van der Waals surface area contributed by atoms with Gasteiger partial charge < -0.3 is 14.7 Å². The molecule has 0 aliphatic rings. The second kappa shape index (κ2) is 6.29. The molecule has 2 rings (SSSR count). The zero-order chi connectivity index (χ0) is 14.7. The average molecular weight is 336 g/mol. The normalized spacial score (nSPS) is 12.1. The van der Waals surface area contributed by atoms with Gasteiger partial charge in [0.1, 0.15) is 5.75 Å². The zero-order valence-corrected chi connectivity index (χ0v) is 13.4. The highest BCUT2D eigenvalue weighted by Gasteiger charge is 2.11. The van der Waals surface area contributed by atoms with Crippen molar-refractivity contribution in [3.63, 3.8) is 0 Å². The predicted octanol–water partition coefficient (Wildman–Crippen LogP) is 4.28. The summed E-state index contributed by atoms with van der Waals surface area (Å²) in [6, 6.07) is 13.8. The van der Waals surface area contributed by atoms with E-state index in [1.165, 1.54) is 0 Å². The number of anilines is 2. The van der Waals surface area contributed by atoms with Crippen molar-refractivity contribution >= 4 is 27.3 Å². The van der Waals surface area contributed by atoms with Gasteiger partial charge in [-0.1, -0.05) is 12.1 Å². The number of halogens is 1. The van der Waals surface area contributed by atoms with Crippen LogP contribution in [-0.4, -0.2) is 19.3 Å². The fourth-order valence-electron chi connectivity index (χ4n) is 2.01. The lowest BCUT2D eigenvalue weighted by Gasteiger charge is -2.22. The van der Waals surface area contributed by atoms with Gasteiger partial charge in [-0.25, -0.2) is 0 Å². The van der Waals surface area contributed by atoms with Crippen LogP contribution in [0, 0.1) is 0 Å². The van der Waals surface area contributed by atoms with Crippen LogP contribution in [0.5, 0.6) is 5.75 Å². The lowest BCUT2D eigenvalue weighted by atomic mass is 10.1. The van der Waals surface area contributed by atoms with Crippen LogP contribution in [0.15, 0.2) is 46.9 Å². The molecule has 0 aliphatic heterocycles. The Morgan fingerprint density at radius 2 is 1.95 bits per heavy atom. The number of hydrogen-bond acceptors (Lipinski definition) is 3. The highest BCUT2D eigenvalue weighted by molar-refractivity contribution is 9.10. The monoisotopic (exact) mass is 335 g/mol. The molecule has 0 saturated carbocycles. The zero-order valence-electron chi connectivity index (χ0n) is 11.8. The van der Waals surface area contributed by atoms with Gasteiger partial charge in [-0.05, 0) is 52.7 Å². The molecule has 4 heteroatoms. The number of nitrogens with zero attached hydrogens (tertiary/aromatic N) is 1. The summed E-state index contributed by atoms with van der Waals surface area (Å²) >= 11 is 3.56. The van der Waals surface area contributed by atoms with E-state index in [0.717, 1.165) is 27.2 Å². The first-order valence-corrected chi connectivity index (χ1v) is 7.17. The van der Waals surface area contributed by atoms with E-state index >= 15 is 0 Å². The molecule has 2 aromatic carbocycles. The van der Waals surface area contributed by atoms with Crippen LogP contribution in [0.25, 0.3) is 0 Å². The molecule has 0 bridgehead atoms. The summed E-state index contributed by atoms with van der Waals surface area (Å²) in [4.78, 5) is 2.07. The third-order valence-corrected chi connectivity index (χ3v) is 3.89. The van der Waals surface area contributed by atoms with E-state index in [9.17, 15) is 5.11 Å². The maximum atomic E-state index is 9.61. The van der Waals surface area contributed by atoms with Crippen molar-refractivity contribution in [3.8, 4) is 5.75 Å². The van der Waals surface area contributed by atoms with Gasteiger partial charge in [0.05, 0.1) is 18.9 Å². The Kier molecular flexibility index (Phi) is 4.68. The van der Waals surface area contributed by atoms with Crippen LogP contribution >= 0.6 is 15.9 Å². The van der Waals surface area contributed by atoms with Crippen LogP contribution in [0.1, 0.15) is 18.6 Å². The van der Waals surface area contributed by atoms with Gasteiger partial charge in [0.15, 0.2) is 0 Å². The second-order valence-corrected chi connectivity index (χ2v) is 5.50. The largest absolute Gasteiger partial charge is 0.497 e. The summed E-state index contributed by atoms with van der Waals surface area (Å²) in [5.41, 5.74) is 2.96. The van der Waals surface area contributed by atoms with E-state index in [1.54, 1.807) is 14.0 Å². The summed E-state index contributed by atoms with van der Waals surface area (Å²) < 4.78 is 6.20. The van der Waals surface area contributed by atoms with E-state index in [-0.39, 0.29) is 0 Å². The minimum atomic E-state index is -0.470. The lowest BCUT2D eigenvalue weighted by Crippen LogP contribution is -2.10. The average Bonchev–Trinajstić information content (AvgIpc) is 2.46. The molecular formula is C16H18BrNO2. The molecule has 0 saturated heterocycles. The molecule has 0 heterocycles. The van der Waals surface area contributed by atoms with Crippen LogP contribution in [0.4, 0.5) is 11.4 Å². The van der Waals surface area contributed by atoms with Gasteiger partial charge in [-0.15, -0.1) is 0 Å². The molecule has 0 amide bonds. The van der Waals surface area contributed by atoms with E-state index in [4.69, 9.17) is 4.74 Å². The van der Waals surface area contributed by atoms with Gasteiger partial charge in [-0.2, -0.15) is 0 Å². The summed E-state index contributed by atoms with van der Waals surface area (Å²) in [6.45, 7) is 1.76. The first-order chi connectivity index (χ1) is 9.52. The van der Waals surface area contributed by atoms with Crippen LogP contribution in [0.2, 0.25) is 0 Å². The van der Waals surface area contributed by atoms with Gasteiger partial charge >= 0.3 is 0 Å². The molecule has 106 valence electrons. The van der Waals surface area contributed by atoms with Gasteiger partial charge in [0, 0.05) is 23.3 Å². The Morgan fingerprint density at radius 3 is 2.55 bits per heavy atom. The van der Waals surface area contributed by atoms with E-state index < -0.39 is 6.10 Å². The Hall–Kier alpha value is -1.52. The molecule has 0 aliphatic carbocycles. The third-order valence-electron chi connectivity index (χ3n) is 3.26. The minimum absolute atomic E-state index is 0.470. The molecule has 0 unspecified atom stereocenters. The van der Waals surface area contributed by atoms with Crippen molar-refractivity contribution in [2.24, 2.45) is 0 Å². The smallest absolute Gasteiger partial charge is 0.120 e. The molecule has 0 fully saturated rings. The van der Waals surface area contributed by atoms with E-state index in [2.05, 4.69) is 20.8 Å². The molecule has 0 aromatic heterocycles. The lowest BCUT2D eigenvalue weighted by molar-refractivity contribution is 0.199. The van der Waals surface area contributed by atoms with E-state index in [0.29, 0.717) is 0 Å². The molecule has 0 spiro atoms. The molecule has 3 nitrogen and oxygen atoms in total. The Morgan fingerprint density at radius 1 is 1.20 bits per heavy atom. The maximum Gasteiger partial charge on any atom is 0.120 e. The van der Waals surface area contributed by atoms with Gasteiger partial charge in [0.25, 0.3) is 0 Å². The molecular weight excluding hydrogens is 318 g/mol. The molecule has 20 heavy (non-hydrogen) atoms. The Balaban J connectivity index is 2.35. The van der Waals surface area contributed by atoms with Crippen LogP contribution in [0.3, 0.4) is 0 Å². The van der Waals surface area contributed by atoms with E-state index in [1.807, 2.05) is 49.5 Å². The minimum Gasteiger partial charge on any atom is -0.497 e. The number of rotatable bonds is 4. The predicted molar refractivity (Wildman–Crippen MR) is 85.8 cm³/mol. The second-order valence-electron chi connectivity index (χ2n) is 4.65. The summed E-state index contributed by atoms with van der Waals surface area (Å²) in [5.74, 6) is 0.825. The first kappa shape index (κ1) is 14.9. The van der Waals surface area contributed by atoms with Crippen molar-refractivity contribution < 1.29 is 9.84 Å². The summed E-state index contributed by atoms with van der Waals surface area (Å²) in [5, 5.41) is 9.61. The first-order valence-electron chi connectivity index (χ1n) is 6.38. The third kappa shape index (κ3) is 3.14. The standard InChI is InChI=1S/C16H18BrNO2/c1-11(19)12-7-8-16(15(17)9-12)18(2)13-5-4-6-14(10-13)20-3/h4-11,19H,1-3H3/t11-/m1/s1. The molecule has 0 radical (unpaired) electrons. The van der Waals surface area contributed by atoms with Crippen LogP contribution in [-0.2, 0) is 0 Å². The van der Waals surface area contributed by atoms with Crippen molar-refractivity contribution in [1.82, 2.24) is 0 Å². The molecule has 1 atom stereocenters. The fraction of sp³-hybridized carbons (Fsp3) is 0.250. The maximum absolute atomic E-state index is 9.61. The molecule has 2 aromatic rings. The summed E-state index contributed by atoms with van der Waals surface area (Å²) in [7, 11) is 3.66. The molecule has 1 N–H and O–H groups in total. The SMILES string of the molecule is COc1cccc(N(C)c2ccc([C@@H](C)O)cc2Br)c1. The fourth-order valence-corrected chi connectivity index (χ4v) is 2.68. The van der Waals surface area contributed by atoms with Gasteiger partial charge in [-0.3, -0.25) is 0 Å². The number of hydrogen-bond donors (Lipinski definition) is 1. The number of aliphatic hydroxyl groups is 1. The number of aliphatic hydroxyl groups excluding tert-OH is 1. The van der Waals surface area contributed by atoms with Crippen LogP contribution < -0.4 is 9.64 Å². The van der Waals surface area contributed by atoms with Crippen molar-refractivity contribution in [1.29, 1.82) is 0 Å². The van der Waals surface area contributed by atoms with Crippen molar-refractivity contribution in [2.45, 2.75) is 13.0 Å². The quantitative estimate of drug-likeness (QED) is 0.905.